The van der Waals surface area contributed by atoms with Gasteiger partial charge in [0.05, 0.1) is 12.6 Å². The van der Waals surface area contributed by atoms with Gasteiger partial charge in [0.15, 0.2) is 0 Å². The van der Waals surface area contributed by atoms with Crippen LogP contribution in [0.5, 0.6) is 5.88 Å². The first-order valence-corrected chi connectivity index (χ1v) is 7.47. The summed E-state index contributed by atoms with van der Waals surface area (Å²) in [6.45, 7) is 6.14. The molecule has 1 aromatic heterocycles. The molecule has 1 N–H and O–H groups in total. The van der Waals surface area contributed by atoms with Crippen molar-refractivity contribution >= 4 is 0 Å². The number of aliphatic hydroxyl groups is 1. The van der Waals surface area contributed by atoms with Crippen LogP contribution in [0.2, 0.25) is 0 Å². The lowest BCUT2D eigenvalue weighted by molar-refractivity contribution is -0.0304. The molecule has 1 aliphatic rings. The second kappa shape index (κ2) is 6.50. The summed E-state index contributed by atoms with van der Waals surface area (Å²) in [6.07, 6.45) is 6.84. The van der Waals surface area contributed by atoms with E-state index in [1.165, 1.54) is 0 Å². The minimum Gasteiger partial charge on any atom is -0.480 e. The highest BCUT2D eigenvalue weighted by Gasteiger charge is 2.46. The summed E-state index contributed by atoms with van der Waals surface area (Å²) in [4.78, 5) is 10.9. The third-order valence-electron chi connectivity index (χ3n) is 4.52. The van der Waals surface area contributed by atoms with Crippen LogP contribution < -0.4 is 4.74 Å². The maximum atomic E-state index is 11.0. The monoisotopic (exact) mass is 279 g/mol. The number of rotatable bonds is 6. The number of aliphatic hydroxyl groups excluding tert-OH is 1. The molecule has 0 radical (unpaired) electrons. The van der Waals surface area contributed by atoms with Gasteiger partial charge in [0.1, 0.15) is 11.8 Å². The van der Waals surface area contributed by atoms with Crippen LogP contribution in [0, 0.1) is 0 Å². The topological polar surface area (TPSA) is 58.5 Å². The van der Waals surface area contributed by atoms with Crippen LogP contribution >= 0.6 is 0 Å². The van der Waals surface area contributed by atoms with E-state index >= 15 is 0 Å². The van der Waals surface area contributed by atoms with Gasteiger partial charge in [-0.2, -0.15) is 0 Å². The van der Waals surface area contributed by atoms with E-state index in [1.54, 1.807) is 19.5 Å². The van der Waals surface area contributed by atoms with E-state index in [-0.39, 0.29) is 5.54 Å². The van der Waals surface area contributed by atoms with Crippen molar-refractivity contribution < 1.29 is 9.84 Å². The Kier molecular flexibility index (Phi) is 4.94. The Morgan fingerprint density at radius 1 is 1.25 bits per heavy atom. The fourth-order valence-corrected chi connectivity index (χ4v) is 3.54. The average Bonchev–Trinajstić information content (AvgIpc) is 2.98. The standard InChI is InChI=1S/C15H25N3O2/c1-4-18(5-2)15(8-6-7-9-15)13(19)12-14(20-3)17-11-10-16-12/h10-11,13,19H,4-9H2,1-3H3. The van der Waals surface area contributed by atoms with Crippen molar-refractivity contribution in [1.29, 1.82) is 0 Å². The van der Waals surface area contributed by atoms with Gasteiger partial charge in [-0.05, 0) is 25.9 Å². The summed E-state index contributed by atoms with van der Waals surface area (Å²) in [6, 6.07) is 0. The zero-order chi connectivity index (χ0) is 14.6. The molecule has 0 bridgehead atoms. The van der Waals surface area contributed by atoms with Crippen molar-refractivity contribution in [3.05, 3.63) is 18.1 Å². The van der Waals surface area contributed by atoms with Crippen molar-refractivity contribution in [1.82, 2.24) is 14.9 Å². The van der Waals surface area contributed by atoms with E-state index in [1.807, 2.05) is 0 Å². The van der Waals surface area contributed by atoms with Crippen molar-refractivity contribution in [2.24, 2.45) is 0 Å². The zero-order valence-electron chi connectivity index (χ0n) is 12.7. The lowest BCUT2D eigenvalue weighted by atomic mass is 9.86. The highest BCUT2D eigenvalue weighted by molar-refractivity contribution is 5.24. The maximum Gasteiger partial charge on any atom is 0.238 e. The molecule has 1 aromatic rings. The molecule has 1 saturated carbocycles. The van der Waals surface area contributed by atoms with Gasteiger partial charge in [-0.25, -0.2) is 4.98 Å². The molecular weight excluding hydrogens is 254 g/mol. The maximum absolute atomic E-state index is 11.0. The molecule has 0 saturated heterocycles. The minimum absolute atomic E-state index is 0.229. The fraction of sp³-hybridized carbons (Fsp3) is 0.733. The van der Waals surface area contributed by atoms with E-state index in [0.717, 1.165) is 38.8 Å². The SMILES string of the molecule is CCN(CC)C1(C(O)c2nccnc2OC)CCCC1. The molecule has 0 aromatic carbocycles. The van der Waals surface area contributed by atoms with Crippen LogP contribution in [0.4, 0.5) is 0 Å². The summed E-state index contributed by atoms with van der Waals surface area (Å²) in [5.41, 5.74) is 0.330. The molecule has 20 heavy (non-hydrogen) atoms. The van der Waals surface area contributed by atoms with E-state index in [2.05, 4.69) is 28.7 Å². The molecule has 1 unspecified atom stereocenters. The second-order valence-corrected chi connectivity index (χ2v) is 5.34. The lowest BCUT2D eigenvalue weighted by Crippen LogP contribution is -2.51. The predicted molar refractivity (Wildman–Crippen MR) is 77.7 cm³/mol. The number of aromatic nitrogens is 2. The van der Waals surface area contributed by atoms with E-state index < -0.39 is 6.10 Å². The highest BCUT2D eigenvalue weighted by Crippen LogP contribution is 2.45. The molecule has 112 valence electrons. The van der Waals surface area contributed by atoms with Gasteiger partial charge in [0.2, 0.25) is 5.88 Å². The van der Waals surface area contributed by atoms with E-state index in [0.29, 0.717) is 11.6 Å². The van der Waals surface area contributed by atoms with Gasteiger partial charge >= 0.3 is 0 Å². The van der Waals surface area contributed by atoms with Crippen molar-refractivity contribution in [2.75, 3.05) is 20.2 Å². The fourth-order valence-electron chi connectivity index (χ4n) is 3.54. The van der Waals surface area contributed by atoms with E-state index in [9.17, 15) is 5.11 Å². The van der Waals surface area contributed by atoms with Crippen molar-refractivity contribution in [3.8, 4) is 5.88 Å². The molecule has 1 heterocycles. The smallest absolute Gasteiger partial charge is 0.238 e. The van der Waals surface area contributed by atoms with Crippen LogP contribution in [0.1, 0.15) is 51.3 Å². The van der Waals surface area contributed by atoms with Crippen LogP contribution in [-0.4, -0.2) is 45.7 Å². The Hall–Kier alpha value is -1.20. The quantitative estimate of drug-likeness (QED) is 0.865. The molecule has 0 aliphatic heterocycles. The second-order valence-electron chi connectivity index (χ2n) is 5.34. The summed E-state index contributed by atoms with van der Waals surface area (Å²) in [5, 5.41) is 11.0. The highest BCUT2D eigenvalue weighted by atomic mass is 16.5. The van der Waals surface area contributed by atoms with Gasteiger partial charge in [0, 0.05) is 12.4 Å². The molecule has 5 heteroatoms. The summed E-state index contributed by atoms with van der Waals surface area (Å²) in [5.74, 6) is 0.429. The third-order valence-corrected chi connectivity index (χ3v) is 4.52. The van der Waals surface area contributed by atoms with Gasteiger partial charge < -0.3 is 9.84 Å². The van der Waals surface area contributed by atoms with Gasteiger partial charge in [-0.3, -0.25) is 9.88 Å². The summed E-state index contributed by atoms with van der Waals surface area (Å²) < 4.78 is 5.27. The zero-order valence-corrected chi connectivity index (χ0v) is 12.7. The Labute approximate surface area is 121 Å². The van der Waals surface area contributed by atoms with Crippen molar-refractivity contribution in [3.63, 3.8) is 0 Å². The Balaban J connectivity index is 2.38. The van der Waals surface area contributed by atoms with E-state index in [4.69, 9.17) is 4.74 Å². The molecule has 0 spiro atoms. The normalized spacial score (nSPS) is 19.2. The largest absolute Gasteiger partial charge is 0.480 e. The van der Waals surface area contributed by atoms with Gasteiger partial charge in [-0.1, -0.05) is 26.7 Å². The number of likely N-dealkylation sites (N-methyl/N-ethyl adjacent to an activating group) is 1. The summed E-state index contributed by atoms with van der Waals surface area (Å²) >= 11 is 0. The molecule has 5 nitrogen and oxygen atoms in total. The van der Waals surface area contributed by atoms with Crippen molar-refractivity contribution in [2.45, 2.75) is 51.2 Å². The first kappa shape index (κ1) is 15.2. The first-order valence-electron chi connectivity index (χ1n) is 7.47. The molecule has 1 aliphatic carbocycles. The molecule has 2 rings (SSSR count). The Bertz CT molecular complexity index is 429. The van der Waals surface area contributed by atoms with Crippen LogP contribution in [-0.2, 0) is 0 Å². The number of hydrogen-bond donors (Lipinski definition) is 1. The van der Waals surface area contributed by atoms with Crippen LogP contribution in [0.25, 0.3) is 0 Å². The minimum atomic E-state index is -0.659. The van der Waals surface area contributed by atoms with Crippen LogP contribution in [0.15, 0.2) is 12.4 Å². The molecule has 1 atom stereocenters. The number of methoxy groups -OCH3 is 1. The predicted octanol–water partition coefficient (Wildman–Crippen LogP) is 2.17. The lowest BCUT2D eigenvalue weighted by Gasteiger charge is -2.43. The Morgan fingerprint density at radius 3 is 2.40 bits per heavy atom. The molecule has 1 fully saturated rings. The van der Waals surface area contributed by atoms with Gasteiger partial charge in [0.25, 0.3) is 0 Å². The summed E-state index contributed by atoms with van der Waals surface area (Å²) in [7, 11) is 1.57. The number of nitrogens with zero attached hydrogens (tertiary/aromatic N) is 3. The molecule has 0 amide bonds. The first-order chi connectivity index (χ1) is 9.69. The van der Waals surface area contributed by atoms with Crippen LogP contribution in [0.3, 0.4) is 0 Å². The third kappa shape index (κ3) is 2.52. The number of hydrogen-bond acceptors (Lipinski definition) is 5. The van der Waals surface area contributed by atoms with Gasteiger partial charge in [-0.15, -0.1) is 0 Å². The Morgan fingerprint density at radius 2 is 1.85 bits per heavy atom. The average molecular weight is 279 g/mol. The molecular formula is C15H25N3O2. The number of ether oxygens (including phenoxy) is 1.